The molecular weight excluding hydrogens is 418 g/mol. The van der Waals surface area contributed by atoms with Crippen LogP contribution in [-0.2, 0) is 22.5 Å². The number of ether oxygens (including phenoxy) is 1. The zero-order valence-electron chi connectivity index (χ0n) is 17.6. The van der Waals surface area contributed by atoms with E-state index in [-0.39, 0.29) is 18.0 Å². The number of hydrogen-bond acceptors (Lipinski definition) is 5. The van der Waals surface area contributed by atoms with Crippen LogP contribution in [0.15, 0.2) is 36.5 Å². The summed E-state index contributed by atoms with van der Waals surface area (Å²) in [6.07, 6.45) is 2.80. The number of nitrogens with one attached hydrogen (secondary N) is 2. The minimum Gasteiger partial charge on any atom is -0.380 e. The highest BCUT2D eigenvalue weighted by Gasteiger charge is 2.40. The summed E-state index contributed by atoms with van der Waals surface area (Å²) in [5, 5.41) is 6.34. The van der Waals surface area contributed by atoms with Crippen LogP contribution in [0.3, 0.4) is 0 Å². The maximum atomic E-state index is 13.1. The smallest absolute Gasteiger partial charge is 0.322 e. The van der Waals surface area contributed by atoms with Crippen molar-refractivity contribution in [2.75, 3.05) is 37.9 Å². The van der Waals surface area contributed by atoms with Gasteiger partial charge in [0.05, 0.1) is 18.0 Å². The normalized spacial score (nSPS) is 20.9. The molecule has 1 fully saturated rings. The van der Waals surface area contributed by atoms with Gasteiger partial charge in [0.25, 0.3) is 0 Å². The van der Waals surface area contributed by atoms with Gasteiger partial charge in [-0.15, -0.1) is 0 Å². The van der Waals surface area contributed by atoms with Crippen molar-refractivity contribution in [3.05, 3.63) is 52.8 Å². The molecule has 0 radical (unpaired) electrons. The van der Waals surface area contributed by atoms with Crippen LogP contribution in [0.5, 0.6) is 0 Å². The first-order valence-electron chi connectivity index (χ1n) is 10.3. The number of likely N-dealkylation sites (tertiary alicyclic amines) is 1. The highest BCUT2D eigenvalue weighted by atomic mass is 35.5. The first kappa shape index (κ1) is 21.5. The number of halogens is 1. The molecule has 2 N–H and O–H groups in total. The van der Waals surface area contributed by atoms with Crippen molar-refractivity contribution in [2.45, 2.75) is 31.5 Å². The molecule has 8 nitrogen and oxygen atoms in total. The third kappa shape index (κ3) is 4.98. The number of carbonyl (C=O) groups is 2. The molecule has 2 aromatic rings. The largest absolute Gasteiger partial charge is 0.380 e. The third-order valence-corrected chi connectivity index (χ3v) is 6.01. The average molecular weight is 444 g/mol. The summed E-state index contributed by atoms with van der Waals surface area (Å²) in [5.74, 6) is -0.253. The van der Waals surface area contributed by atoms with Crippen LogP contribution in [0.25, 0.3) is 0 Å². The number of amides is 3. The number of rotatable bonds is 4. The number of hydrogen-bond donors (Lipinski definition) is 2. The zero-order chi connectivity index (χ0) is 22.0. The Labute approximate surface area is 186 Å². The Kier molecular flexibility index (Phi) is 6.41. The first-order valence-corrected chi connectivity index (χ1v) is 10.6. The maximum absolute atomic E-state index is 13.1. The lowest BCUT2D eigenvalue weighted by Crippen LogP contribution is -2.45. The van der Waals surface area contributed by atoms with Gasteiger partial charge in [-0.25, -0.2) is 4.79 Å². The van der Waals surface area contributed by atoms with Crippen molar-refractivity contribution in [3.8, 4) is 0 Å². The lowest BCUT2D eigenvalue weighted by molar-refractivity contribution is -0.119. The summed E-state index contributed by atoms with van der Waals surface area (Å²) < 4.78 is 5.44. The molecule has 0 unspecified atom stereocenters. The van der Waals surface area contributed by atoms with Gasteiger partial charge < -0.3 is 25.2 Å². The zero-order valence-corrected chi connectivity index (χ0v) is 18.4. The molecular formula is C22H26ClN5O3. The second-order valence-corrected chi connectivity index (χ2v) is 8.44. The molecule has 0 saturated carbocycles. The Hall–Kier alpha value is -2.68. The summed E-state index contributed by atoms with van der Waals surface area (Å²) in [5.41, 5.74) is 3.43. The number of fused-ring (bicyclic) bond motifs is 1. The van der Waals surface area contributed by atoms with Gasteiger partial charge in [0.15, 0.2) is 0 Å². The first-order chi connectivity index (χ1) is 14.9. The second kappa shape index (κ2) is 9.21. The van der Waals surface area contributed by atoms with Gasteiger partial charge in [-0.05, 0) is 42.9 Å². The monoisotopic (exact) mass is 443 g/mol. The van der Waals surface area contributed by atoms with Gasteiger partial charge in [-0.3, -0.25) is 9.78 Å². The minimum atomic E-state index is -0.643. The fraction of sp³-hybridized carbons (Fsp3) is 0.409. The summed E-state index contributed by atoms with van der Waals surface area (Å²) in [7, 11) is 3.65. The molecule has 2 aliphatic heterocycles. The fourth-order valence-corrected chi connectivity index (χ4v) is 4.16. The van der Waals surface area contributed by atoms with Crippen molar-refractivity contribution in [3.63, 3.8) is 0 Å². The average Bonchev–Trinajstić information content (AvgIpc) is 3.20. The molecule has 2 aliphatic rings. The van der Waals surface area contributed by atoms with Crippen LogP contribution < -0.4 is 10.6 Å². The number of nitrogens with zero attached hydrogens (tertiary/aromatic N) is 3. The molecule has 3 amide bonds. The highest BCUT2D eigenvalue weighted by Crippen LogP contribution is 2.25. The van der Waals surface area contributed by atoms with E-state index in [0.29, 0.717) is 29.4 Å². The SMILES string of the molecule is CO[C@@H]1C[C@H](C(=O)Nc2cnc3c(c2)CN(C)CC3)N(C(=O)Nc2ccc(Cl)cc2)C1. The molecule has 0 bridgehead atoms. The Morgan fingerprint density at radius 1 is 1.19 bits per heavy atom. The Bertz CT molecular complexity index is 968. The third-order valence-electron chi connectivity index (χ3n) is 5.75. The quantitative estimate of drug-likeness (QED) is 0.758. The van der Waals surface area contributed by atoms with Crippen molar-refractivity contribution >= 4 is 34.9 Å². The van der Waals surface area contributed by atoms with Crippen LogP contribution in [0.1, 0.15) is 17.7 Å². The molecule has 0 spiro atoms. The van der Waals surface area contributed by atoms with Crippen LogP contribution >= 0.6 is 11.6 Å². The molecule has 1 aromatic carbocycles. The summed E-state index contributed by atoms with van der Waals surface area (Å²) in [6, 6.07) is 7.80. The van der Waals surface area contributed by atoms with Gasteiger partial charge in [0.1, 0.15) is 6.04 Å². The van der Waals surface area contributed by atoms with Crippen molar-refractivity contribution in [2.24, 2.45) is 0 Å². The molecule has 2 atom stereocenters. The van der Waals surface area contributed by atoms with E-state index in [4.69, 9.17) is 16.3 Å². The van der Waals surface area contributed by atoms with Crippen LogP contribution in [0.2, 0.25) is 5.02 Å². The minimum absolute atomic E-state index is 0.206. The van der Waals surface area contributed by atoms with Gasteiger partial charge in [0, 0.05) is 56.0 Å². The summed E-state index contributed by atoms with van der Waals surface area (Å²) in [4.78, 5) is 34.2. The van der Waals surface area contributed by atoms with Gasteiger partial charge >= 0.3 is 6.03 Å². The van der Waals surface area contributed by atoms with Gasteiger partial charge in [-0.1, -0.05) is 11.6 Å². The van der Waals surface area contributed by atoms with Crippen LogP contribution in [-0.4, -0.2) is 66.1 Å². The van der Waals surface area contributed by atoms with Crippen molar-refractivity contribution in [1.82, 2.24) is 14.8 Å². The lowest BCUT2D eigenvalue weighted by atomic mass is 10.1. The highest BCUT2D eigenvalue weighted by molar-refractivity contribution is 6.30. The Morgan fingerprint density at radius 3 is 2.71 bits per heavy atom. The Balaban J connectivity index is 1.46. The maximum Gasteiger partial charge on any atom is 0.322 e. The van der Waals surface area contributed by atoms with Crippen molar-refractivity contribution < 1.29 is 14.3 Å². The standard InChI is InChI=1S/C22H26ClN5O3/c1-27-8-7-19-14(12-27)9-17(11-24-19)25-21(29)20-10-18(31-2)13-28(20)22(30)26-16-5-3-15(23)4-6-16/h3-6,9,11,18,20H,7-8,10,12-13H2,1-2H3,(H,25,29)(H,26,30)/t18-,20-/m1/s1. The molecule has 4 rings (SSSR count). The fourth-order valence-electron chi connectivity index (χ4n) is 4.03. The lowest BCUT2D eigenvalue weighted by Gasteiger charge is -2.26. The molecule has 3 heterocycles. The Morgan fingerprint density at radius 2 is 1.97 bits per heavy atom. The second-order valence-electron chi connectivity index (χ2n) is 8.01. The van der Waals surface area contributed by atoms with Crippen LogP contribution in [0, 0.1) is 0 Å². The number of anilines is 2. The number of pyridine rings is 1. The van der Waals surface area contributed by atoms with Crippen LogP contribution in [0.4, 0.5) is 16.2 Å². The van der Waals surface area contributed by atoms with E-state index in [9.17, 15) is 9.59 Å². The number of benzene rings is 1. The number of aromatic nitrogens is 1. The summed E-state index contributed by atoms with van der Waals surface area (Å²) in [6.45, 7) is 2.11. The molecule has 1 aromatic heterocycles. The predicted molar refractivity (Wildman–Crippen MR) is 119 cm³/mol. The van der Waals surface area contributed by atoms with E-state index in [0.717, 1.165) is 30.8 Å². The van der Waals surface area contributed by atoms with E-state index in [1.165, 1.54) is 4.90 Å². The summed E-state index contributed by atoms with van der Waals surface area (Å²) >= 11 is 5.91. The van der Waals surface area contributed by atoms with E-state index < -0.39 is 6.04 Å². The number of urea groups is 1. The topological polar surface area (TPSA) is 86.8 Å². The molecule has 0 aliphatic carbocycles. The van der Waals surface area contributed by atoms with Gasteiger partial charge in [0.2, 0.25) is 5.91 Å². The van der Waals surface area contributed by atoms with E-state index in [1.54, 1.807) is 37.6 Å². The van der Waals surface area contributed by atoms with E-state index in [1.807, 2.05) is 6.07 Å². The molecule has 164 valence electrons. The van der Waals surface area contributed by atoms with E-state index in [2.05, 4.69) is 27.6 Å². The predicted octanol–water partition coefficient (Wildman–Crippen LogP) is 2.98. The molecule has 31 heavy (non-hydrogen) atoms. The number of likely N-dealkylation sites (N-methyl/N-ethyl adjacent to an activating group) is 1. The number of carbonyl (C=O) groups excluding carboxylic acids is 2. The molecule has 9 heteroatoms. The van der Waals surface area contributed by atoms with Crippen molar-refractivity contribution in [1.29, 1.82) is 0 Å². The van der Waals surface area contributed by atoms with Gasteiger partial charge in [-0.2, -0.15) is 0 Å². The molecule has 1 saturated heterocycles. The van der Waals surface area contributed by atoms with E-state index >= 15 is 0 Å². The number of methoxy groups -OCH3 is 1.